The van der Waals surface area contributed by atoms with Crippen LogP contribution in [-0.2, 0) is 16.1 Å². The predicted octanol–water partition coefficient (Wildman–Crippen LogP) is 2.16. The summed E-state index contributed by atoms with van der Waals surface area (Å²) in [6.45, 7) is 9.15. The molecule has 1 fully saturated rings. The van der Waals surface area contributed by atoms with Crippen LogP contribution in [0.5, 0.6) is 0 Å². The maximum absolute atomic E-state index is 12.5. The normalized spacial score (nSPS) is 24.8. The summed E-state index contributed by atoms with van der Waals surface area (Å²) in [4.78, 5) is 14.8. The predicted molar refractivity (Wildman–Crippen MR) is 101 cm³/mol. The van der Waals surface area contributed by atoms with Crippen LogP contribution in [0.4, 0.5) is 0 Å². The third kappa shape index (κ3) is 4.40. The second-order valence-electron chi connectivity index (χ2n) is 7.67. The van der Waals surface area contributed by atoms with Gasteiger partial charge in [0.2, 0.25) is 5.91 Å². The number of benzene rings is 1. The monoisotopic (exact) mass is 347 g/mol. The van der Waals surface area contributed by atoms with Crippen LogP contribution >= 0.6 is 0 Å². The van der Waals surface area contributed by atoms with Gasteiger partial charge in [-0.2, -0.15) is 0 Å². The molecule has 1 saturated carbocycles. The number of carbonyl (C=O) groups is 1. The van der Waals surface area contributed by atoms with Crippen molar-refractivity contribution in [1.29, 1.82) is 0 Å². The first-order chi connectivity index (χ1) is 11.8. The molecule has 0 aliphatic heterocycles. The number of nitrogens with zero attached hydrogens (tertiary/aromatic N) is 1. The fourth-order valence-electron chi connectivity index (χ4n) is 3.50. The molecular weight excluding hydrogens is 314 g/mol. The summed E-state index contributed by atoms with van der Waals surface area (Å²) < 4.78 is 5.69. The van der Waals surface area contributed by atoms with Gasteiger partial charge < -0.3 is 20.7 Å². The zero-order valence-corrected chi connectivity index (χ0v) is 16.0. The quantitative estimate of drug-likeness (QED) is 0.672. The highest BCUT2D eigenvalue weighted by atomic mass is 16.5. The highest BCUT2D eigenvalue weighted by molar-refractivity contribution is 5.88. The second kappa shape index (κ2) is 8.30. The average molecular weight is 348 g/mol. The molecule has 1 aromatic rings. The topological polar surface area (TPSA) is 67.6 Å². The molecule has 0 radical (unpaired) electrons. The molecule has 140 valence electrons. The van der Waals surface area contributed by atoms with Gasteiger partial charge in [0, 0.05) is 31.5 Å². The molecule has 3 N–H and O–H groups in total. The molecule has 5 heteroatoms. The van der Waals surface area contributed by atoms with Crippen LogP contribution in [0.2, 0.25) is 0 Å². The number of amides is 1. The van der Waals surface area contributed by atoms with Crippen LogP contribution in [0.3, 0.4) is 0 Å². The Labute approximate surface area is 151 Å². The highest BCUT2D eigenvalue weighted by Gasteiger charge is 2.62. The van der Waals surface area contributed by atoms with Crippen LogP contribution < -0.4 is 11.1 Å². The number of hydrogen-bond donors (Lipinski definition) is 2. The van der Waals surface area contributed by atoms with E-state index in [4.69, 9.17) is 10.5 Å². The Hall–Kier alpha value is -1.43. The zero-order chi connectivity index (χ0) is 18.5. The zero-order valence-electron chi connectivity index (χ0n) is 16.0. The van der Waals surface area contributed by atoms with Crippen molar-refractivity contribution in [2.24, 2.45) is 11.1 Å². The van der Waals surface area contributed by atoms with Crippen molar-refractivity contribution in [1.82, 2.24) is 10.2 Å². The minimum Gasteiger partial charge on any atom is -0.378 e. The SMILES string of the molecule is CCOC1CC(N)(C(=O)NCCCN(C)Cc2ccccc2)C1(C)C. The summed E-state index contributed by atoms with van der Waals surface area (Å²) in [5.74, 6) is -0.0563. The summed E-state index contributed by atoms with van der Waals surface area (Å²) in [6.07, 6.45) is 1.55. The molecule has 0 aromatic heterocycles. The van der Waals surface area contributed by atoms with Crippen LogP contribution in [0.25, 0.3) is 0 Å². The van der Waals surface area contributed by atoms with E-state index in [0.29, 0.717) is 19.6 Å². The van der Waals surface area contributed by atoms with Gasteiger partial charge in [0.05, 0.1) is 6.10 Å². The van der Waals surface area contributed by atoms with E-state index in [1.54, 1.807) is 0 Å². The molecule has 0 saturated heterocycles. The Morgan fingerprint density at radius 3 is 2.64 bits per heavy atom. The molecule has 2 rings (SSSR count). The lowest BCUT2D eigenvalue weighted by atomic mass is 9.54. The van der Waals surface area contributed by atoms with Crippen LogP contribution in [0.1, 0.15) is 39.2 Å². The Morgan fingerprint density at radius 2 is 2.04 bits per heavy atom. The van der Waals surface area contributed by atoms with Crippen LogP contribution in [-0.4, -0.2) is 49.2 Å². The van der Waals surface area contributed by atoms with Gasteiger partial charge in [-0.15, -0.1) is 0 Å². The summed E-state index contributed by atoms with van der Waals surface area (Å²) >= 11 is 0. The molecule has 1 amide bonds. The lowest BCUT2D eigenvalue weighted by molar-refractivity contribution is -0.170. The van der Waals surface area contributed by atoms with Crippen molar-refractivity contribution in [3.63, 3.8) is 0 Å². The van der Waals surface area contributed by atoms with E-state index in [1.165, 1.54) is 5.56 Å². The third-order valence-corrected chi connectivity index (χ3v) is 5.53. The molecule has 1 aromatic carbocycles. The van der Waals surface area contributed by atoms with Gasteiger partial charge in [-0.05, 0) is 32.5 Å². The second-order valence-corrected chi connectivity index (χ2v) is 7.67. The molecule has 2 unspecified atom stereocenters. The summed E-state index contributed by atoms with van der Waals surface area (Å²) in [5.41, 5.74) is 6.52. The first-order valence-electron chi connectivity index (χ1n) is 9.22. The number of carbonyl (C=O) groups excluding carboxylic acids is 1. The molecule has 5 nitrogen and oxygen atoms in total. The molecule has 0 heterocycles. The van der Waals surface area contributed by atoms with Crippen molar-refractivity contribution in [2.75, 3.05) is 26.7 Å². The lowest BCUT2D eigenvalue weighted by Gasteiger charge is -2.57. The number of hydrogen-bond acceptors (Lipinski definition) is 4. The first kappa shape index (κ1) is 19.9. The van der Waals surface area contributed by atoms with E-state index in [9.17, 15) is 4.79 Å². The van der Waals surface area contributed by atoms with E-state index in [1.807, 2.05) is 26.8 Å². The van der Waals surface area contributed by atoms with E-state index in [-0.39, 0.29) is 17.4 Å². The van der Waals surface area contributed by atoms with Gasteiger partial charge in [-0.25, -0.2) is 0 Å². The van der Waals surface area contributed by atoms with Crippen molar-refractivity contribution >= 4 is 5.91 Å². The molecule has 2 atom stereocenters. The van der Waals surface area contributed by atoms with E-state index in [2.05, 4.69) is 41.5 Å². The standard InChI is InChI=1S/C20H33N3O2/c1-5-25-17-14-20(21,19(17,2)3)18(24)22-12-9-13-23(4)15-16-10-7-6-8-11-16/h6-8,10-11,17H,5,9,12-15,21H2,1-4H3,(H,22,24). The fraction of sp³-hybridized carbons (Fsp3) is 0.650. The molecule has 0 spiro atoms. The van der Waals surface area contributed by atoms with Gasteiger partial charge in [0.1, 0.15) is 5.54 Å². The van der Waals surface area contributed by atoms with Gasteiger partial charge in [0.15, 0.2) is 0 Å². The minimum absolute atomic E-state index is 0.0563. The molecule has 1 aliphatic carbocycles. The maximum Gasteiger partial charge on any atom is 0.240 e. The Morgan fingerprint density at radius 1 is 1.36 bits per heavy atom. The third-order valence-electron chi connectivity index (χ3n) is 5.53. The number of rotatable bonds is 9. The smallest absolute Gasteiger partial charge is 0.240 e. The number of nitrogens with one attached hydrogen (secondary N) is 1. The summed E-state index contributed by atoms with van der Waals surface area (Å²) in [5, 5.41) is 3.02. The Bertz CT molecular complexity index is 561. The van der Waals surface area contributed by atoms with Gasteiger partial charge in [0.25, 0.3) is 0 Å². The van der Waals surface area contributed by atoms with E-state index < -0.39 is 5.54 Å². The van der Waals surface area contributed by atoms with E-state index in [0.717, 1.165) is 19.5 Å². The number of ether oxygens (including phenoxy) is 1. The first-order valence-corrected chi connectivity index (χ1v) is 9.22. The van der Waals surface area contributed by atoms with Gasteiger partial charge in [-0.3, -0.25) is 4.79 Å². The van der Waals surface area contributed by atoms with Crippen LogP contribution in [0.15, 0.2) is 30.3 Å². The highest BCUT2D eigenvalue weighted by Crippen LogP contribution is 2.49. The molecule has 25 heavy (non-hydrogen) atoms. The van der Waals surface area contributed by atoms with E-state index >= 15 is 0 Å². The summed E-state index contributed by atoms with van der Waals surface area (Å²) in [7, 11) is 2.10. The lowest BCUT2D eigenvalue weighted by Crippen LogP contribution is -2.75. The molecule has 1 aliphatic rings. The fourth-order valence-corrected chi connectivity index (χ4v) is 3.50. The Balaban J connectivity index is 1.70. The number of nitrogens with two attached hydrogens (primary N) is 1. The van der Waals surface area contributed by atoms with Crippen molar-refractivity contribution in [3.8, 4) is 0 Å². The van der Waals surface area contributed by atoms with Crippen LogP contribution in [0, 0.1) is 5.41 Å². The van der Waals surface area contributed by atoms with Gasteiger partial charge in [-0.1, -0.05) is 44.2 Å². The molecular formula is C20H33N3O2. The van der Waals surface area contributed by atoms with Crippen molar-refractivity contribution in [2.45, 2.75) is 51.8 Å². The molecule has 0 bridgehead atoms. The van der Waals surface area contributed by atoms with Crippen molar-refractivity contribution in [3.05, 3.63) is 35.9 Å². The maximum atomic E-state index is 12.5. The largest absolute Gasteiger partial charge is 0.378 e. The van der Waals surface area contributed by atoms with Crippen molar-refractivity contribution < 1.29 is 9.53 Å². The summed E-state index contributed by atoms with van der Waals surface area (Å²) in [6, 6.07) is 10.4. The van der Waals surface area contributed by atoms with Gasteiger partial charge >= 0.3 is 0 Å². The average Bonchev–Trinajstić information content (AvgIpc) is 2.59. The minimum atomic E-state index is -0.831. The Kier molecular flexibility index (Phi) is 6.60.